The summed E-state index contributed by atoms with van der Waals surface area (Å²) in [6.07, 6.45) is 1.40. The molecule has 1 saturated carbocycles. The van der Waals surface area contributed by atoms with E-state index in [2.05, 4.69) is 6.07 Å². The van der Waals surface area contributed by atoms with Gasteiger partial charge in [0, 0.05) is 12.8 Å². The second kappa shape index (κ2) is 3.57. The summed E-state index contributed by atoms with van der Waals surface area (Å²) in [5.74, 6) is 0.359. The first kappa shape index (κ1) is 10.8. The standard InChI is InChI=1S/C14H17NO2/c1-8-4-3-5-10-11-6-7-12(17)14(11)15(9(2)16)13(8)10/h3-5,11-12,14,17H,6-7H2,1-2H3. The number of amides is 1. The number of nitrogens with zero attached hydrogens (tertiary/aromatic N) is 1. The number of hydrogen-bond acceptors (Lipinski definition) is 2. The average Bonchev–Trinajstić information content (AvgIpc) is 2.79. The molecule has 1 aromatic rings. The molecule has 90 valence electrons. The van der Waals surface area contributed by atoms with Crippen LogP contribution >= 0.6 is 0 Å². The van der Waals surface area contributed by atoms with Gasteiger partial charge in [-0.3, -0.25) is 4.79 Å². The van der Waals surface area contributed by atoms with Gasteiger partial charge in [-0.25, -0.2) is 0 Å². The summed E-state index contributed by atoms with van der Waals surface area (Å²) in [5.41, 5.74) is 3.40. The van der Waals surface area contributed by atoms with E-state index in [-0.39, 0.29) is 18.1 Å². The van der Waals surface area contributed by atoms with Crippen molar-refractivity contribution in [1.82, 2.24) is 0 Å². The van der Waals surface area contributed by atoms with Gasteiger partial charge in [0.05, 0.1) is 17.8 Å². The second-order valence-corrected chi connectivity index (χ2v) is 5.14. The van der Waals surface area contributed by atoms with Gasteiger partial charge in [0.2, 0.25) is 5.91 Å². The summed E-state index contributed by atoms with van der Waals surface area (Å²) in [6, 6.07) is 6.13. The van der Waals surface area contributed by atoms with Crippen LogP contribution in [-0.2, 0) is 4.79 Å². The van der Waals surface area contributed by atoms with E-state index >= 15 is 0 Å². The van der Waals surface area contributed by atoms with E-state index < -0.39 is 0 Å². The fourth-order valence-electron chi connectivity index (χ4n) is 3.48. The van der Waals surface area contributed by atoms with Crippen LogP contribution in [0.1, 0.15) is 36.8 Å². The van der Waals surface area contributed by atoms with Crippen LogP contribution in [0.25, 0.3) is 0 Å². The molecule has 3 nitrogen and oxygen atoms in total. The molecule has 1 amide bonds. The fourth-order valence-corrected chi connectivity index (χ4v) is 3.48. The summed E-state index contributed by atoms with van der Waals surface area (Å²) < 4.78 is 0. The number of fused-ring (bicyclic) bond motifs is 3. The number of carbonyl (C=O) groups excluding carboxylic acids is 1. The van der Waals surface area contributed by atoms with Crippen LogP contribution in [0.4, 0.5) is 5.69 Å². The monoisotopic (exact) mass is 231 g/mol. The first-order chi connectivity index (χ1) is 8.11. The Morgan fingerprint density at radius 2 is 2.18 bits per heavy atom. The molecule has 3 rings (SSSR count). The molecule has 3 unspecified atom stereocenters. The molecule has 0 saturated heterocycles. The van der Waals surface area contributed by atoms with E-state index in [9.17, 15) is 9.90 Å². The molecule has 0 bridgehead atoms. The first-order valence-electron chi connectivity index (χ1n) is 6.18. The molecule has 3 atom stereocenters. The van der Waals surface area contributed by atoms with Gasteiger partial charge in [0.1, 0.15) is 0 Å². The number of para-hydroxylation sites is 1. The summed E-state index contributed by atoms with van der Waals surface area (Å²) >= 11 is 0. The van der Waals surface area contributed by atoms with Gasteiger partial charge in [-0.1, -0.05) is 18.2 Å². The maximum absolute atomic E-state index is 11.9. The number of hydrogen-bond donors (Lipinski definition) is 1. The molecule has 1 fully saturated rings. The number of benzene rings is 1. The number of rotatable bonds is 0. The number of anilines is 1. The van der Waals surface area contributed by atoms with Crippen molar-refractivity contribution in [2.24, 2.45) is 0 Å². The topological polar surface area (TPSA) is 40.5 Å². The lowest BCUT2D eigenvalue weighted by Gasteiger charge is -2.27. The Morgan fingerprint density at radius 1 is 1.41 bits per heavy atom. The zero-order chi connectivity index (χ0) is 12.2. The fraction of sp³-hybridized carbons (Fsp3) is 0.500. The number of aliphatic hydroxyl groups is 1. The van der Waals surface area contributed by atoms with E-state index in [1.54, 1.807) is 6.92 Å². The van der Waals surface area contributed by atoms with Crippen LogP contribution in [0.2, 0.25) is 0 Å². The number of aryl methyl sites for hydroxylation is 1. The molecular weight excluding hydrogens is 214 g/mol. The molecule has 1 aliphatic heterocycles. The molecule has 1 aromatic carbocycles. The van der Waals surface area contributed by atoms with Gasteiger partial charge in [0.15, 0.2) is 0 Å². The molecular formula is C14H17NO2. The van der Waals surface area contributed by atoms with Gasteiger partial charge in [-0.2, -0.15) is 0 Å². The lowest BCUT2D eigenvalue weighted by molar-refractivity contribution is -0.117. The van der Waals surface area contributed by atoms with E-state index in [1.165, 1.54) is 5.56 Å². The van der Waals surface area contributed by atoms with Crippen molar-refractivity contribution in [1.29, 1.82) is 0 Å². The first-order valence-corrected chi connectivity index (χ1v) is 6.18. The molecule has 1 aliphatic carbocycles. The third-order valence-corrected chi connectivity index (χ3v) is 4.13. The maximum Gasteiger partial charge on any atom is 0.224 e. The number of aliphatic hydroxyl groups excluding tert-OH is 1. The van der Waals surface area contributed by atoms with Crippen molar-refractivity contribution in [3.63, 3.8) is 0 Å². The molecule has 17 heavy (non-hydrogen) atoms. The van der Waals surface area contributed by atoms with Crippen LogP contribution in [-0.4, -0.2) is 23.2 Å². The van der Waals surface area contributed by atoms with E-state index in [1.807, 2.05) is 24.0 Å². The quantitative estimate of drug-likeness (QED) is 0.741. The molecule has 0 radical (unpaired) electrons. The van der Waals surface area contributed by atoms with E-state index in [0.717, 1.165) is 24.1 Å². The summed E-state index contributed by atoms with van der Waals surface area (Å²) in [5, 5.41) is 10.1. The molecule has 3 heteroatoms. The minimum absolute atomic E-state index is 0.0361. The molecule has 1 N–H and O–H groups in total. The number of carbonyl (C=O) groups is 1. The lowest BCUT2D eigenvalue weighted by Crippen LogP contribution is -2.42. The SMILES string of the molecule is CC(=O)N1c2c(C)cccc2C2CCC(O)C21. The zero-order valence-corrected chi connectivity index (χ0v) is 10.2. The van der Waals surface area contributed by atoms with Crippen molar-refractivity contribution in [3.8, 4) is 0 Å². The van der Waals surface area contributed by atoms with Crippen LogP contribution in [0.15, 0.2) is 18.2 Å². The minimum Gasteiger partial charge on any atom is -0.391 e. The molecule has 0 aromatic heterocycles. The summed E-state index contributed by atoms with van der Waals surface area (Å²) in [6.45, 7) is 3.62. The van der Waals surface area contributed by atoms with Crippen LogP contribution < -0.4 is 4.90 Å². The Bertz CT molecular complexity index is 483. The highest BCUT2D eigenvalue weighted by atomic mass is 16.3. The highest BCUT2D eigenvalue weighted by Crippen LogP contribution is 2.50. The predicted octanol–water partition coefficient (Wildman–Crippen LogP) is 1.97. The summed E-state index contributed by atoms with van der Waals surface area (Å²) in [7, 11) is 0. The Balaban J connectivity index is 2.19. The van der Waals surface area contributed by atoms with E-state index in [4.69, 9.17) is 0 Å². The predicted molar refractivity (Wildman–Crippen MR) is 66.1 cm³/mol. The van der Waals surface area contributed by atoms with E-state index in [0.29, 0.717) is 5.92 Å². The van der Waals surface area contributed by atoms with Crippen LogP contribution in [0, 0.1) is 6.92 Å². The summed E-state index contributed by atoms with van der Waals surface area (Å²) in [4.78, 5) is 13.7. The highest BCUT2D eigenvalue weighted by Gasteiger charge is 2.48. The Kier molecular flexibility index (Phi) is 2.26. The van der Waals surface area contributed by atoms with Gasteiger partial charge < -0.3 is 10.0 Å². The van der Waals surface area contributed by atoms with Crippen molar-refractivity contribution in [2.75, 3.05) is 4.90 Å². The molecule has 0 spiro atoms. The van der Waals surface area contributed by atoms with Crippen LogP contribution in [0.3, 0.4) is 0 Å². The minimum atomic E-state index is -0.379. The lowest BCUT2D eigenvalue weighted by atomic mass is 9.96. The zero-order valence-electron chi connectivity index (χ0n) is 10.2. The van der Waals surface area contributed by atoms with Crippen molar-refractivity contribution in [2.45, 2.75) is 44.8 Å². The Morgan fingerprint density at radius 3 is 2.88 bits per heavy atom. The molecule has 2 aliphatic rings. The highest BCUT2D eigenvalue weighted by molar-refractivity contribution is 5.96. The van der Waals surface area contributed by atoms with Gasteiger partial charge in [-0.15, -0.1) is 0 Å². The Hall–Kier alpha value is -1.35. The molecule has 1 heterocycles. The third kappa shape index (κ3) is 1.35. The van der Waals surface area contributed by atoms with Crippen molar-refractivity contribution >= 4 is 11.6 Å². The average molecular weight is 231 g/mol. The van der Waals surface area contributed by atoms with Crippen molar-refractivity contribution < 1.29 is 9.90 Å². The van der Waals surface area contributed by atoms with Crippen LogP contribution in [0.5, 0.6) is 0 Å². The third-order valence-electron chi connectivity index (χ3n) is 4.13. The second-order valence-electron chi connectivity index (χ2n) is 5.14. The normalized spacial score (nSPS) is 30.3. The largest absolute Gasteiger partial charge is 0.391 e. The Labute approximate surface area is 101 Å². The smallest absolute Gasteiger partial charge is 0.224 e. The van der Waals surface area contributed by atoms with Gasteiger partial charge >= 0.3 is 0 Å². The maximum atomic E-state index is 11.9. The van der Waals surface area contributed by atoms with Crippen molar-refractivity contribution in [3.05, 3.63) is 29.3 Å². The van der Waals surface area contributed by atoms with Gasteiger partial charge in [0.25, 0.3) is 0 Å². The van der Waals surface area contributed by atoms with Gasteiger partial charge in [-0.05, 0) is 30.9 Å².